The molecule has 0 saturated heterocycles. The van der Waals surface area contributed by atoms with Gasteiger partial charge in [-0.05, 0) is 25.4 Å². The predicted octanol–water partition coefficient (Wildman–Crippen LogP) is 2.06. The predicted molar refractivity (Wildman–Crippen MR) is 54.8 cm³/mol. The Kier molecular flexibility index (Phi) is 6.51. The lowest BCUT2D eigenvalue weighted by molar-refractivity contribution is 0.410. The lowest BCUT2D eigenvalue weighted by Gasteiger charge is -2.18. The summed E-state index contributed by atoms with van der Waals surface area (Å²) in [6, 6.07) is 0. The first-order valence-corrected chi connectivity index (χ1v) is 4.54. The topological polar surface area (TPSA) is 12.0 Å². The van der Waals surface area contributed by atoms with Gasteiger partial charge in [-0.1, -0.05) is 19.9 Å². The summed E-state index contributed by atoms with van der Waals surface area (Å²) in [7, 11) is 0. The van der Waals surface area contributed by atoms with Gasteiger partial charge in [-0.2, -0.15) is 0 Å². The Hall–Kier alpha value is -0.740. The fraction of sp³-hybridized carbons (Fsp3) is 0.636. The van der Waals surface area contributed by atoms with Gasteiger partial charge in [0.25, 0.3) is 0 Å². The molecule has 1 nitrogen and oxygen atoms in total. The summed E-state index contributed by atoms with van der Waals surface area (Å²) in [5.41, 5.74) is 0. The number of nitrogens with one attached hydrogen (secondary N) is 1. The van der Waals surface area contributed by atoms with Crippen molar-refractivity contribution in [3.63, 3.8) is 0 Å². The van der Waals surface area contributed by atoms with E-state index in [9.17, 15) is 0 Å². The Morgan fingerprint density at radius 3 is 2.75 bits per heavy atom. The maximum Gasteiger partial charge on any atom is 0.0215 e. The van der Waals surface area contributed by atoms with Crippen molar-refractivity contribution in [2.45, 2.75) is 20.3 Å². The maximum atomic E-state index is 5.36. The van der Waals surface area contributed by atoms with Crippen molar-refractivity contribution in [1.29, 1.82) is 0 Å². The summed E-state index contributed by atoms with van der Waals surface area (Å²) in [4.78, 5) is 0. The van der Waals surface area contributed by atoms with Crippen molar-refractivity contribution >= 4 is 0 Å². The molecule has 0 saturated carbocycles. The van der Waals surface area contributed by atoms with Gasteiger partial charge in [0.15, 0.2) is 0 Å². The zero-order valence-electron chi connectivity index (χ0n) is 8.14. The Morgan fingerprint density at radius 1 is 1.67 bits per heavy atom. The van der Waals surface area contributed by atoms with Gasteiger partial charge in [0.05, 0.1) is 0 Å². The first kappa shape index (κ1) is 11.3. The molecule has 0 aliphatic heterocycles. The second-order valence-corrected chi connectivity index (χ2v) is 3.05. The molecule has 2 atom stereocenters. The van der Waals surface area contributed by atoms with Gasteiger partial charge in [-0.15, -0.1) is 18.9 Å². The Labute approximate surface area is 76.2 Å². The summed E-state index contributed by atoms with van der Waals surface area (Å²) in [5.74, 6) is 3.64. The van der Waals surface area contributed by atoms with Crippen LogP contribution >= 0.6 is 0 Å². The highest BCUT2D eigenvalue weighted by Crippen LogP contribution is 2.14. The van der Waals surface area contributed by atoms with Crippen LogP contribution < -0.4 is 5.32 Å². The summed E-state index contributed by atoms with van der Waals surface area (Å²) in [6.07, 6.45) is 8.30. The van der Waals surface area contributed by atoms with Gasteiger partial charge in [-0.25, -0.2) is 0 Å². The van der Waals surface area contributed by atoms with Crippen LogP contribution in [0.3, 0.4) is 0 Å². The highest BCUT2D eigenvalue weighted by atomic mass is 14.8. The molecule has 2 unspecified atom stereocenters. The van der Waals surface area contributed by atoms with E-state index >= 15 is 0 Å². The number of hydrogen-bond donors (Lipinski definition) is 1. The minimum absolute atomic E-state index is 0.335. The van der Waals surface area contributed by atoms with Gasteiger partial charge < -0.3 is 5.32 Å². The molecule has 0 aromatic rings. The average Bonchev–Trinajstić information content (AvgIpc) is 2.11. The zero-order valence-corrected chi connectivity index (χ0v) is 8.14. The summed E-state index contributed by atoms with van der Waals surface area (Å²) in [5, 5.41) is 3.31. The number of allylic oxidation sites excluding steroid dienone is 1. The molecule has 68 valence electrons. The lowest BCUT2D eigenvalue weighted by Crippen LogP contribution is -2.26. The molecule has 0 aliphatic carbocycles. The third kappa shape index (κ3) is 4.20. The molecule has 0 spiro atoms. The smallest absolute Gasteiger partial charge is 0.0215 e. The lowest BCUT2D eigenvalue weighted by atomic mass is 9.91. The van der Waals surface area contributed by atoms with Crippen molar-refractivity contribution in [3.05, 3.63) is 12.7 Å². The molecule has 1 N–H and O–H groups in total. The second-order valence-electron chi connectivity index (χ2n) is 3.05. The molecule has 0 rings (SSSR count). The van der Waals surface area contributed by atoms with Gasteiger partial charge in [-0.3, -0.25) is 0 Å². The van der Waals surface area contributed by atoms with E-state index < -0.39 is 0 Å². The minimum Gasteiger partial charge on any atom is -0.317 e. The number of hydrogen-bond acceptors (Lipinski definition) is 1. The molecule has 1 heteroatoms. The molecular weight excluding hydrogens is 146 g/mol. The number of rotatable bonds is 6. The zero-order chi connectivity index (χ0) is 9.40. The fourth-order valence-electron chi connectivity index (χ4n) is 1.14. The molecular formula is C11H19N. The van der Waals surface area contributed by atoms with Gasteiger partial charge in [0.2, 0.25) is 0 Å². The van der Waals surface area contributed by atoms with E-state index in [-0.39, 0.29) is 0 Å². The van der Waals surface area contributed by atoms with E-state index in [1.165, 1.54) is 0 Å². The number of terminal acetylenes is 1. The van der Waals surface area contributed by atoms with Gasteiger partial charge in [0.1, 0.15) is 0 Å². The van der Waals surface area contributed by atoms with Crippen LogP contribution in [0.4, 0.5) is 0 Å². The normalized spacial score (nSPS) is 14.8. The summed E-state index contributed by atoms with van der Waals surface area (Å²) >= 11 is 0. The van der Waals surface area contributed by atoms with E-state index in [2.05, 4.69) is 31.7 Å². The Balaban J connectivity index is 3.86. The fourth-order valence-corrected chi connectivity index (χ4v) is 1.14. The van der Waals surface area contributed by atoms with Crippen molar-refractivity contribution in [3.8, 4) is 12.3 Å². The van der Waals surface area contributed by atoms with Crippen LogP contribution in [0.5, 0.6) is 0 Å². The highest BCUT2D eigenvalue weighted by Gasteiger charge is 2.12. The molecule has 0 bridgehead atoms. The maximum absolute atomic E-state index is 5.36. The van der Waals surface area contributed by atoms with Crippen LogP contribution in [0, 0.1) is 24.2 Å². The van der Waals surface area contributed by atoms with Crippen LogP contribution in [0.25, 0.3) is 0 Å². The quantitative estimate of drug-likeness (QED) is 0.469. The van der Waals surface area contributed by atoms with Crippen molar-refractivity contribution in [2.75, 3.05) is 13.1 Å². The first-order chi connectivity index (χ1) is 5.76. The third-order valence-corrected chi connectivity index (χ3v) is 2.10. The molecule has 0 radical (unpaired) electrons. The standard InChI is InChI=1S/C11H19N/c1-5-8-11(9-12-7-3)10(4)6-2/h2,5,10-12H,1,7-9H2,3-4H3. The van der Waals surface area contributed by atoms with Crippen molar-refractivity contribution < 1.29 is 0 Å². The largest absolute Gasteiger partial charge is 0.317 e. The van der Waals surface area contributed by atoms with E-state index in [4.69, 9.17) is 6.42 Å². The second kappa shape index (κ2) is 6.94. The highest BCUT2D eigenvalue weighted by molar-refractivity contribution is 4.96. The van der Waals surface area contributed by atoms with Crippen molar-refractivity contribution in [2.24, 2.45) is 11.8 Å². The van der Waals surface area contributed by atoms with Crippen molar-refractivity contribution in [1.82, 2.24) is 5.32 Å². The summed E-state index contributed by atoms with van der Waals surface area (Å²) < 4.78 is 0. The molecule has 0 amide bonds. The van der Waals surface area contributed by atoms with Crippen LogP contribution in [-0.4, -0.2) is 13.1 Å². The van der Waals surface area contributed by atoms with Gasteiger partial charge >= 0.3 is 0 Å². The van der Waals surface area contributed by atoms with Crippen LogP contribution in [0.15, 0.2) is 12.7 Å². The minimum atomic E-state index is 0.335. The van der Waals surface area contributed by atoms with E-state index in [1.54, 1.807) is 0 Å². The first-order valence-electron chi connectivity index (χ1n) is 4.54. The average molecular weight is 165 g/mol. The third-order valence-electron chi connectivity index (χ3n) is 2.10. The Bertz CT molecular complexity index is 155. The van der Waals surface area contributed by atoms with Crippen LogP contribution in [0.1, 0.15) is 20.3 Å². The SMILES string of the molecule is C#CC(C)C(CC=C)CNCC. The molecule has 0 aliphatic rings. The molecule has 0 aromatic carbocycles. The van der Waals surface area contributed by atoms with E-state index in [1.807, 2.05) is 6.08 Å². The molecule has 0 heterocycles. The Morgan fingerprint density at radius 2 is 2.33 bits per heavy atom. The monoisotopic (exact) mass is 165 g/mol. The summed E-state index contributed by atoms with van der Waals surface area (Å²) in [6.45, 7) is 9.92. The van der Waals surface area contributed by atoms with E-state index in [0.717, 1.165) is 19.5 Å². The van der Waals surface area contributed by atoms with E-state index in [0.29, 0.717) is 11.8 Å². The molecule has 0 aromatic heterocycles. The molecule has 12 heavy (non-hydrogen) atoms. The van der Waals surface area contributed by atoms with Crippen LogP contribution in [-0.2, 0) is 0 Å². The van der Waals surface area contributed by atoms with Crippen LogP contribution in [0.2, 0.25) is 0 Å². The molecule has 0 fully saturated rings. The van der Waals surface area contributed by atoms with Gasteiger partial charge in [0, 0.05) is 5.92 Å².